The Hall–Kier alpha value is -2.01. The van der Waals surface area contributed by atoms with Gasteiger partial charge in [0.2, 0.25) is 0 Å². The SMILES string of the molecule is Clc1cncc(Nc2ccc3c(c2)OCCCO3)n1. The molecule has 0 fully saturated rings. The summed E-state index contributed by atoms with van der Waals surface area (Å²) in [5.74, 6) is 2.08. The second kappa shape index (κ2) is 5.32. The maximum atomic E-state index is 5.79. The van der Waals surface area contributed by atoms with E-state index in [1.807, 2.05) is 18.2 Å². The van der Waals surface area contributed by atoms with Crippen LogP contribution in [0.4, 0.5) is 11.5 Å². The molecule has 6 heteroatoms. The highest BCUT2D eigenvalue weighted by atomic mass is 35.5. The molecule has 0 spiro atoms. The molecule has 5 nitrogen and oxygen atoms in total. The van der Waals surface area contributed by atoms with E-state index in [9.17, 15) is 0 Å². The summed E-state index contributed by atoms with van der Waals surface area (Å²) in [6, 6.07) is 5.65. The quantitative estimate of drug-likeness (QED) is 0.914. The maximum absolute atomic E-state index is 5.79. The minimum Gasteiger partial charge on any atom is -0.490 e. The molecule has 0 unspecified atom stereocenters. The van der Waals surface area contributed by atoms with Crippen molar-refractivity contribution in [1.29, 1.82) is 0 Å². The summed E-state index contributed by atoms with van der Waals surface area (Å²) in [5.41, 5.74) is 0.848. The Morgan fingerprint density at radius 3 is 2.79 bits per heavy atom. The number of anilines is 2. The van der Waals surface area contributed by atoms with Crippen molar-refractivity contribution in [2.75, 3.05) is 18.5 Å². The molecule has 2 heterocycles. The van der Waals surface area contributed by atoms with Crippen molar-refractivity contribution in [3.05, 3.63) is 35.7 Å². The van der Waals surface area contributed by atoms with E-state index in [-0.39, 0.29) is 0 Å². The van der Waals surface area contributed by atoms with Crippen LogP contribution in [-0.2, 0) is 0 Å². The molecule has 1 N–H and O–H groups in total. The Bertz CT molecular complexity index is 592. The van der Waals surface area contributed by atoms with Gasteiger partial charge in [0.1, 0.15) is 5.15 Å². The van der Waals surface area contributed by atoms with Crippen LogP contribution in [0, 0.1) is 0 Å². The molecule has 0 bridgehead atoms. The predicted octanol–water partition coefficient (Wildman–Crippen LogP) is 3.03. The number of benzene rings is 1. The van der Waals surface area contributed by atoms with Gasteiger partial charge >= 0.3 is 0 Å². The number of hydrogen-bond acceptors (Lipinski definition) is 5. The van der Waals surface area contributed by atoms with Crippen molar-refractivity contribution in [2.45, 2.75) is 6.42 Å². The number of rotatable bonds is 2. The van der Waals surface area contributed by atoms with Crippen LogP contribution >= 0.6 is 11.6 Å². The van der Waals surface area contributed by atoms with Crippen LogP contribution in [0.5, 0.6) is 11.5 Å². The first kappa shape index (κ1) is 12.0. The molecule has 98 valence electrons. The Labute approximate surface area is 115 Å². The van der Waals surface area contributed by atoms with E-state index in [1.165, 1.54) is 6.20 Å². The molecule has 0 saturated carbocycles. The highest BCUT2D eigenvalue weighted by molar-refractivity contribution is 6.29. The van der Waals surface area contributed by atoms with Gasteiger partial charge in [-0.2, -0.15) is 0 Å². The summed E-state index contributed by atoms with van der Waals surface area (Å²) in [6.45, 7) is 1.34. The first-order valence-electron chi connectivity index (χ1n) is 5.95. The molecule has 19 heavy (non-hydrogen) atoms. The third-order valence-electron chi connectivity index (χ3n) is 2.63. The standard InChI is InChI=1S/C13H12ClN3O2/c14-12-7-15-8-13(17-12)16-9-2-3-10-11(6-9)19-5-1-4-18-10/h2-3,6-8H,1,4-5H2,(H,16,17). The van der Waals surface area contributed by atoms with E-state index >= 15 is 0 Å². The van der Waals surface area contributed by atoms with Crippen LogP contribution in [0.15, 0.2) is 30.6 Å². The summed E-state index contributed by atoms with van der Waals surface area (Å²) in [6.07, 6.45) is 3.98. The Morgan fingerprint density at radius 1 is 1.11 bits per heavy atom. The molecular formula is C13H12ClN3O2. The molecule has 1 aromatic heterocycles. The molecule has 1 aromatic carbocycles. The van der Waals surface area contributed by atoms with Gasteiger partial charge in [-0.05, 0) is 12.1 Å². The number of aromatic nitrogens is 2. The van der Waals surface area contributed by atoms with Crippen molar-refractivity contribution in [2.24, 2.45) is 0 Å². The minimum atomic E-state index is 0.347. The van der Waals surface area contributed by atoms with Gasteiger partial charge in [0.25, 0.3) is 0 Å². The molecule has 0 saturated heterocycles. The molecule has 0 radical (unpaired) electrons. The zero-order valence-electron chi connectivity index (χ0n) is 10.1. The highest BCUT2D eigenvalue weighted by Gasteiger charge is 2.10. The zero-order chi connectivity index (χ0) is 13.1. The van der Waals surface area contributed by atoms with Gasteiger partial charge in [0, 0.05) is 18.2 Å². The Morgan fingerprint density at radius 2 is 1.95 bits per heavy atom. The van der Waals surface area contributed by atoms with Gasteiger partial charge in [0.05, 0.1) is 25.6 Å². The molecule has 3 rings (SSSR count). The van der Waals surface area contributed by atoms with Gasteiger partial charge in [0.15, 0.2) is 17.3 Å². The Balaban J connectivity index is 1.84. The van der Waals surface area contributed by atoms with E-state index in [4.69, 9.17) is 21.1 Å². The number of fused-ring (bicyclic) bond motifs is 1. The first-order chi connectivity index (χ1) is 9.31. The fourth-order valence-corrected chi connectivity index (χ4v) is 1.94. The van der Waals surface area contributed by atoms with Gasteiger partial charge in [-0.25, -0.2) is 4.98 Å². The molecule has 0 aliphatic carbocycles. The van der Waals surface area contributed by atoms with Crippen LogP contribution < -0.4 is 14.8 Å². The lowest BCUT2D eigenvalue weighted by atomic mass is 10.2. The number of nitrogens with one attached hydrogen (secondary N) is 1. The molecule has 2 aromatic rings. The van der Waals surface area contributed by atoms with Gasteiger partial charge in [-0.1, -0.05) is 11.6 Å². The van der Waals surface area contributed by atoms with E-state index in [1.54, 1.807) is 6.20 Å². The molecule has 1 aliphatic rings. The lowest BCUT2D eigenvalue weighted by molar-refractivity contribution is 0.297. The third-order valence-corrected chi connectivity index (χ3v) is 2.81. The van der Waals surface area contributed by atoms with Crippen molar-refractivity contribution < 1.29 is 9.47 Å². The van der Waals surface area contributed by atoms with E-state index < -0.39 is 0 Å². The largest absolute Gasteiger partial charge is 0.490 e. The van der Waals surface area contributed by atoms with Gasteiger partial charge < -0.3 is 14.8 Å². The summed E-state index contributed by atoms with van der Waals surface area (Å²) in [4.78, 5) is 8.09. The monoisotopic (exact) mass is 277 g/mol. The van der Waals surface area contributed by atoms with Crippen LogP contribution in [-0.4, -0.2) is 23.2 Å². The summed E-state index contributed by atoms with van der Waals surface area (Å²) < 4.78 is 11.2. The van der Waals surface area contributed by atoms with Crippen LogP contribution in [0.2, 0.25) is 5.15 Å². The van der Waals surface area contributed by atoms with Crippen LogP contribution in [0.3, 0.4) is 0 Å². The van der Waals surface area contributed by atoms with E-state index in [0.717, 1.165) is 23.6 Å². The van der Waals surface area contributed by atoms with Crippen molar-refractivity contribution >= 4 is 23.1 Å². The summed E-state index contributed by atoms with van der Waals surface area (Å²) in [5, 5.41) is 3.47. The van der Waals surface area contributed by atoms with E-state index in [0.29, 0.717) is 24.2 Å². The zero-order valence-corrected chi connectivity index (χ0v) is 10.9. The van der Waals surface area contributed by atoms with E-state index in [2.05, 4.69) is 15.3 Å². The predicted molar refractivity (Wildman–Crippen MR) is 72.4 cm³/mol. The number of hydrogen-bond donors (Lipinski definition) is 1. The number of halogens is 1. The number of nitrogens with zero attached hydrogens (tertiary/aromatic N) is 2. The number of ether oxygens (including phenoxy) is 2. The molecule has 0 amide bonds. The average molecular weight is 278 g/mol. The maximum Gasteiger partial charge on any atom is 0.163 e. The second-order valence-corrected chi connectivity index (χ2v) is 4.45. The fraction of sp³-hybridized carbons (Fsp3) is 0.231. The van der Waals surface area contributed by atoms with Gasteiger partial charge in [-0.15, -0.1) is 0 Å². The summed E-state index contributed by atoms with van der Waals surface area (Å²) >= 11 is 5.79. The second-order valence-electron chi connectivity index (χ2n) is 4.06. The average Bonchev–Trinajstić information content (AvgIpc) is 2.63. The van der Waals surface area contributed by atoms with Gasteiger partial charge in [-0.3, -0.25) is 4.98 Å². The minimum absolute atomic E-state index is 0.347. The highest BCUT2D eigenvalue weighted by Crippen LogP contribution is 2.33. The van der Waals surface area contributed by atoms with Crippen molar-refractivity contribution in [3.8, 4) is 11.5 Å². The summed E-state index contributed by atoms with van der Waals surface area (Å²) in [7, 11) is 0. The molecule has 0 atom stereocenters. The third kappa shape index (κ3) is 2.88. The lowest BCUT2D eigenvalue weighted by Gasteiger charge is -2.10. The van der Waals surface area contributed by atoms with Crippen LogP contribution in [0.1, 0.15) is 6.42 Å². The Kier molecular flexibility index (Phi) is 3.37. The topological polar surface area (TPSA) is 56.3 Å². The normalized spacial score (nSPS) is 13.7. The lowest BCUT2D eigenvalue weighted by Crippen LogP contribution is -1.97. The van der Waals surface area contributed by atoms with Crippen molar-refractivity contribution in [3.63, 3.8) is 0 Å². The fourth-order valence-electron chi connectivity index (χ4n) is 1.79. The van der Waals surface area contributed by atoms with Crippen molar-refractivity contribution in [1.82, 2.24) is 9.97 Å². The first-order valence-corrected chi connectivity index (χ1v) is 6.33. The molecular weight excluding hydrogens is 266 g/mol. The molecule has 1 aliphatic heterocycles. The smallest absolute Gasteiger partial charge is 0.163 e. The van der Waals surface area contributed by atoms with Crippen LogP contribution in [0.25, 0.3) is 0 Å².